The monoisotopic (exact) mass is 241 g/mol. The van der Waals surface area contributed by atoms with Gasteiger partial charge in [-0.3, -0.25) is 0 Å². The molecular formula is C13H17ClFN. The van der Waals surface area contributed by atoms with Crippen LogP contribution >= 0.6 is 11.6 Å². The highest BCUT2D eigenvalue weighted by molar-refractivity contribution is 6.21. The molecule has 1 aromatic carbocycles. The van der Waals surface area contributed by atoms with E-state index in [0.29, 0.717) is 5.56 Å². The van der Waals surface area contributed by atoms with E-state index in [9.17, 15) is 4.39 Å². The first-order valence-corrected chi connectivity index (χ1v) is 6.32. The van der Waals surface area contributed by atoms with Crippen LogP contribution in [0.1, 0.15) is 30.2 Å². The second-order valence-corrected chi connectivity index (χ2v) is 4.88. The van der Waals surface area contributed by atoms with Gasteiger partial charge in [-0.15, -0.1) is 11.6 Å². The summed E-state index contributed by atoms with van der Waals surface area (Å²) < 4.78 is 13.5. The molecule has 1 fully saturated rings. The van der Waals surface area contributed by atoms with Crippen molar-refractivity contribution in [3.8, 4) is 0 Å². The summed E-state index contributed by atoms with van der Waals surface area (Å²) in [7, 11) is 0. The molecule has 16 heavy (non-hydrogen) atoms. The quantitative estimate of drug-likeness (QED) is 0.731. The maximum atomic E-state index is 13.5. The fraction of sp³-hybridized carbons (Fsp3) is 0.538. The van der Waals surface area contributed by atoms with Crippen LogP contribution in [-0.2, 0) is 0 Å². The molecule has 1 saturated heterocycles. The van der Waals surface area contributed by atoms with Crippen molar-refractivity contribution in [3.63, 3.8) is 0 Å². The summed E-state index contributed by atoms with van der Waals surface area (Å²) in [5.74, 6) is -0.195. The average Bonchev–Trinajstić information content (AvgIpc) is 2.31. The number of likely N-dealkylation sites (tertiary alicyclic amines) is 1. The number of piperidine rings is 1. The molecule has 2 rings (SSSR count). The first kappa shape index (κ1) is 11.9. The fourth-order valence-corrected chi connectivity index (χ4v) is 2.57. The lowest BCUT2D eigenvalue weighted by Gasteiger charge is -2.28. The van der Waals surface area contributed by atoms with Gasteiger partial charge in [-0.2, -0.15) is 0 Å². The van der Waals surface area contributed by atoms with E-state index in [-0.39, 0.29) is 11.2 Å². The van der Waals surface area contributed by atoms with Crippen LogP contribution in [-0.4, -0.2) is 24.5 Å². The van der Waals surface area contributed by atoms with E-state index in [1.165, 1.54) is 25.3 Å². The van der Waals surface area contributed by atoms with Crippen LogP contribution < -0.4 is 0 Å². The van der Waals surface area contributed by atoms with Crippen LogP contribution in [0.5, 0.6) is 0 Å². The molecule has 0 aliphatic carbocycles. The Morgan fingerprint density at radius 1 is 1.19 bits per heavy atom. The molecule has 0 N–H and O–H groups in total. The molecule has 1 aromatic rings. The van der Waals surface area contributed by atoms with Gasteiger partial charge in [0.15, 0.2) is 0 Å². The third-order valence-corrected chi connectivity index (χ3v) is 3.48. The van der Waals surface area contributed by atoms with Crippen LogP contribution in [0.2, 0.25) is 0 Å². The molecule has 0 amide bonds. The number of alkyl halides is 1. The van der Waals surface area contributed by atoms with E-state index in [1.54, 1.807) is 12.1 Å². The summed E-state index contributed by atoms with van der Waals surface area (Å²) >= 11 is 6.26. The van der Waals surface area contributed by atoms with Gasteiger partial charge in [0.1, 0.15) is 5.82 Å². The van der Waals surface area contributed by atoms with Gasteiger partial charge < -0.3 is 4.90 Å². The molecule has 1 aliphatic rings. The minimum absolute atomic E-state index is 0.195. The molecule has 1 heterocycles. The zero-order chi connectivity index (χ0) is 11.4. The maximum absolute atomic E-state index is 13.5. The topological polar surface area (TPSA) is 3.24 Å². The van der Waals surface area contributed by atoms with Gasteiger partial charge in [-0.05, 0) is 32.0 Å². The Morgan fingerprint density at radius 3 is 2.56 bits per heavy atom. The Hall–Kier alpha value is -0.600. The van der Waals surface area contributed by atoms with Gasteiger partial charge in [-0.25, -0.2) is 4.39 Å². The highest BCUT2D eigenvalue weighted by Gasteiger charge is 2.18. The number of nitrogens with zero attached hydrogens (tertiary/aromatic N) is 1. The third-order valence-electron chi connectivity index (χ3n) is 3.11. The van der Waals surface area contributed by atoms with E-state index < -0.39 is 0 Å². The first-order chi connectivity index (χ1) is 7.77. The number of hydrogen-bond acceptors (Lipinski definition) is 1. The lowest BCUT2D eigenvalue weighted by atomic mass is 10.1. The van der Waals surface area contributed by atoms with Crippen molar-refractivity contribution in [2.75, 3.05) is 19.6 Å². The molecular weight excluding hydrogens is 225 g/mol. The summed E-state index contributed by atoms with van der Waals surface area (Å²) in [5.41, 5.74) is 0.620. The van der Waals surface area contributed by atoms with Crippen LogP contribution in [0.4, 0.5) is 4.39 Å². The lowest BCUT2D eigenvalue weighted by molar-refractivity contribution is 0.228. The van der Waals surface area contributed by atoms with E-state index in [4.69, 9.17) is 11.6 Å². The van der Waals surface area contributed by atoms with E-state index in [1.807, 2.05) is 6.07 Å². The number of hydrogen-bond donors (Lipinski definition) is 0. The molecule has 1 nitrogen and oxygen atoms in total. The Morgan fingerprint density at radius 2 is 1.88 bits per heavy atom. The van der Waals surface area contributed by atoms with Crippen LogP contribution in [0.25, 0.3) is 0 Å². The molecule has 0 spiro atoms. The van der Waals surface area contributed by atoms with Crippen molar-refractivity contribution < 1.29 is 4.39 Å². The third kappa shape index (κ3) is 2.96. The molecule has 0 bridgehead atoms. The minimum atomic E-state index is -0.237. The van der Waals surface area contributed by atoms with Gasteiger partial charge >= 0.3 is 0 Å². The second kappa shape index (κ2) is 5.65. The van der Waals surface area contributed by atoms with Crippen molar-refractivity contribution in [2.24, 2.45) is 0 Å². The van der Waals surface area contributed by atoms with Gasteiger partial charge in [0.25, 0.3) is 0 Å². The molecule has 0 saturated carbocycles. The predicted molar refractivity (Wildman–Crippen MR) is 65.3 cm³/mol. The van der Waals surface area contributed by atoms with E-state index in [2.05, 4.69) is 4.90 Å². The van der Waals surface area contributed by atoms with Crippen molar-refractivity contribution in [1.29, 1.82) is 0 Å². The summed E-state index contributed by atoms with van der Waals surface area (Å²) in [6.07, 6.45) is 3.78. The largest absolute Gasteiger partial charge is 0.302 e. The van der Waals surface area contributed by atoms with Gasteiger partial charge in [0.2, 0.25) is 0 Å². The van der Waals surface area contributed by atoms with Crippen molar-refractivity contribution >= 4 is 11.6 Å². The Bertz CT molecular complexity index is 336. The molecule has 0 radical (unpaired) electrons. The van der Waals surface area contributed by atoms with Crippen molar-refractivity contribution in [2.45, 2.75) is 24.6 Å². The number of benzene rings is 1. The fourth-order valence-electron chi connectivity index (χ4n) is 2.20. The second-order valence-electron chi connectivity index (χ2n) is 4.35. The molecule has 3 heteroatoms. The zero-order valence-electron chi connectivity index (χ0n) is 9.33. The Labute approximate surface area is 101 Å². The number of rotatable bonds is 3. The van der Waals surface area contributed by atoms with Crippen molar-refractivity contribution in [3.05, 3.63) is 35.6 Å². The van der Waals surface area contributed by atoms with Gasteiger partial charge in [0, 0.05) is 12.1 Å². The predicted octanol–water partition coefficient (Wildman–Crippen LogP) is 3.59. The summed E-state index contributed by atoms with van der Waals surface area (Å²) in [5, 5.41) is -0.237. The minimum Gasteiger partial charge on any atom is -0.302 e. The van der Waals surface area contributed by atoms with Gasteiger partial charge in [-0.1, -0.05) is 24.6 Å². The van der Waals surface area contributed by atoms with Crippen LogP contribution in [0.15, 0.2) is 24.3 Å². The summed E-state index contributed by atoms with van der Waals surface area (Å²) in [6, 6.07) is 6.78. The highest BCUT2D eigenvalue weighted by Crippen LogP contribution is 2.25. The van der Waals surface area contributed by atoms with Crippen molar-refractivity contribution in [1.82, 2.24) is 4.90 Å². The molecule has 88 valence electrons. The molecule has 1 unspecified atom stereocenters. The molecule has 1 atom stereocenters. The highest BCUT2D eigenvalue weighted by atomic mass is 35.5. The average molecular weight is 242 g/mol. The maximum Gasteiger partial charge on any atom is 0.127 e. The van der Waals surface area contributed by atoms with Crippen LogP contribution in [0.3, 0.4) is 0 Å². The molecule has 0 aromatic heterocycles. The Balaban J connectivity index is 1.96. The van der Waals surface area contributed by atoms with Crippen LogP contribution in [0, 0.1) is 5.82 Å². The molecule has 1 aliphatic heterocycles. The normalized spacial score (nSPS) is 19.6. The zero-order valence-corrected chi connectivity index (χ0v) is 10.1. The smallest absolute Gasteiger partial charge is 0.127 e. The summed E-state index contributed by atoms with van der Waals surface area (Å²) in [6.45, 7) is 2.94. The lowest BCUT2D eigenvalue weighted by Crippen LogP contribution is -2.32. The first-order valence-electron chi connectivity index (χ1n) is 5.88. The Kier molecular flexibility index (Phi) is 4.19. The van der Waals surface area contributed by atoms with E-state index >= 15 is 0 Å². The van der Waals surface area contributed by atoms with Gasteiger partial charge in [0.05, 0.1) is 5.38 Å². The number of halogens is 2. The standard InChI is InChI=1S/C13H17ClFN/c14-12(10-16-8-4-1-5-9-16)11-6-2-3-7-13(11)15/h2-3,6-7,12H,1,4-5,8-10H2. The SMILES string of the molecule is Fc1ccccc1C(Cl)CN1CCCCC1. The van der Waals surface area contributed by atoms with E-state index in [0.717, 1.165) is 19.6 Å². The summed E-state index contributed by atoms with van der Waals surface area (Å²) in [4.78, 5) is 2.33.